The Labute approximate surface area is 82.2 Å². The number of thioether (sulfide) groups is 1. The molecule has 0 saturated carbocycles. The van der Waals surface area contributed by atoms with Gasteiger partial charge in [0.2, 0.25) is 0 Å². The zero-order valence-electron chi connectivity index (χ0n) is 7.95. The summed E-state index contributed by atoms with van der Waals surface area (Å²) in [5.74, 6) is 1.68. The first-order valence-electron chi connectivity index (χ1n) is 4.00. The van der Waals surface area contributed by atoms with E-state index in [2.05, 4.69) is 16.8 Å². The van der Waals surface area contributed by atoms with Crippen LogP contribution in [0.2, 0.25) is 0 Å². The van der Waals surface area contributed by atoms with Gasteiger partial charge in [-0.2, -0.15) is 0 Å². The molecule has 0 atom stereocenters. The third-order valence-corrected chi connectivity index (χ3v) is 2.81. The Kier molecular flexibility index (Phi) is 3.50. The lowest BCUT2D eigenvalue weighted by Crippen LogP contribution is -2.05. The molecule has 0 fully saturated rings. The SMILES string of the molecule is C=C(C)CSc1nnc(CN)n1C. The third kappa shape index (κ3) is 2.57. The van der Waals surface area contributed by atoms with E-state index >= 15 is 0 Å². The Hall–Kier alpha value is -0.810. The summed E-state index contributed by atoms with van der Waals surface area (Å²) in [7, 11) is 1.92. The zero-order chi connectivity index (χ0) is 9.84. The summed E-state index contributed by atoms with van der Waals surface area (Å²) in [5, 5.41) is 8.86. The van der Waals surface area contributed by atoms with Crippen LogP contribution in [0.3, 0.4) is 0 Å². The Balaban J connectivity index is 2.67. The highest BCUT2D eigenvalue weighted by molar-refractivity contribution is 7.99. The molecule has 0 aromatic carbocycles. The van der Waals surface area contributed by atoms with Crippen LogP contribution in [0.25, 0.3) is 0 Å². The van der Waals surface area contributed by atoms with E-state index in [1.165, 1.54) is 0 Å². The molecule has 0 spiro atoms. The molecule has 0 amide bonds. The largest absolute Gasteiger partial charge is 0.324 e. The average molecular weight is 198 g/mol. The van der Waals surface area contributed by atoms with Gasteiger partial charge >= 0.3 is 0 Å². The summed E-state index contributed by atoms with van der Waals surface area (Å²) >= 11 is 1.63. The average Bonchev–Trinajstić information content (AvgIpc) is 2.43. The minimum absolute atomic E-state index is 0.428. The second-order valence-electron chi connectivity index (χ2n) is 2.91. The molecule has 0 aliphatic heterocycles. The third-order valence-electron chi connectivity index (χ3n) is 1.56. The van der Waals surface area contributed by atoms with Crippen LogP contribution in [-0.4, -0.2) is 20.5 Å². The van der Waals surface area contributed by atoms with Crippen molar-refractivity contribution >= 4 is 11.8 Å². The van der Waals surface area contributed by atoms with Crippen LogP contribution < -0.4 is 5.73 Å². The predicted molar refractivity (Wildman–Crippen MR) is 54.4 cm³/mol. The van der Waals surface area contributed by atoms with Gasteiger partial charge in [0.05, 0.1) is 6.54 Å². The first kappa shape index (κ1) is 10.3. The summed E-state index contributed by atoms with van der Waals surface area (Å²) in [6.45, 7) is 6.24. The predicted octanol–water partition coefficient (Wildman–Crippen LogP) is 0.942. The first-order chi connectivity index (χ1) is 6.15. The fourth-order valence-electron chi connectivity index (χ4n) is 0.836. The van der Waals surface area contributed by atoms with E-state index in [1.54, 1.807) is 11.8 Å². The van der Waals surface area contributed by atoms with Crippen LogP contribution in [0.5, 0.6) is 0 Å². The van der Waals surface area contributed by atoms with Crippen molar-refractivity contribution in [3.63, 3.8) is 0 Å². The van der Waals surface area contributed by atoms with Gasteiger partial charge in [0.25, 0.3) is 0 Å². The number of nitrogens with two attached hydrogens (primary N) is 1. The molecule has 0 saturated heterocycles. The van der Waals surface area contributed by atoms with Crippen LogP contribution in [-0.2, 0) is 13.6 Å². The van der Waals surface area contributed by atoms with Crippen molar-refractivity contribution in [3.05, 3.63) is 18.0 Å². The number of hydrogen-bond donors (Lipinski definition) is 1. The smallest absolute Gasteiger partial charge is 0.191 e. The van der Waals surface area contributed by atoms with Crippen molar-refractivity contribution in [2.24, 2.45) is 12.8 Å². The number of hydrogen-bond acceptors (Lipinski definition) is 4. The van der Waals surface area contributed by atoms with E-state index in [0.717, 1.165) is 22.3 Å². The number of rotatable bonds is 4. The number of aromatic nitrogens is 3. The molecule has 0 bridgehead atoms. The van der Waals surface area contributed by atoms with Crippen LogP contribution in [0.15, 0.2) is 17.3 Å². The summed E-state index contributed by atoms with van der Waals surface area (Å²) in [6, 6.07) is 0. The maximum absolute atomic E-state index is 5.47. The van der Waals surface area contributed by atoms with E-state index < -0.39 is 0 Å². The topological polar surface area (TPSA) is 56.7 Å². The van der Waals surface area contributed by atoms with Crippen LogP contribution in [0.1, 0.15) is 12.7 Å². The molecule has 0 radical (unpaired) electrons. The maximum atomic E-state index is 5.47. The molecule has 1 aromatic heterocycles. The fourth-order valence-corrected chi connectivity index (χ4v) is 1.61. The second-order valence-corrected chi connectivity index (χ2v) is 3.85. The molecule has 2 N–H and O–H groups in total. The van der Waals surface area contributed by atoms with Gasteiger partial charge in [-0.1, -0.05) is 23.9 Å². The van der Waals surface area contributed by atoms with Crippen molar-refractivity contribution < 1.29 is 0 Å². The molecule has 0 aliphatic carbocycles. The van der Waals surface area contributed by atoms with Gasteiger partial charge < -0.3 is 10.3 Å². The van der Waals surface area contributed by atoms with E-state index in [0.29, 0.717) is 6.54 Å². The summed E-state index contributed by atoms with van der Waals surface area (Å²) in [4.78, 5) is 0. The normalized spacial score (nSPS) is 10.4. The molecule has 0 unspecified atom stereocenters. The van der Waals surface area contributed by atoms with E-state index in [-0.39, 0.29) is 0 Å². The quantitative estimate of drug-likeness (QED) is 0.578. The van der Waals surface area contributed by atoms with Crippen molar-refractivity contribution in [2.75, 3.05) is 5.75 Å². The molecule has 4 nitrogen and oxygen atoms in total. The van der Waals surface area contributed by atoms with E-state index in [9.17, 15) is 0 Å². The lowest BCUT2D eigenvalue weighted by molar-refractivity contribution is 0.735. The van der Waals surface area contributed by atoms with E-state index in [1.807, 2.05) is 18.5 Å². The minimum Gasteiger partial charge on any atom is -0.324 e. The molecular weight excluding hydrogens is 184 g/mol. The Morgan fingerprint density at radius 3 is 2.77 bits per heavy atom. The summed E-state index contributed by atoms with van der Waals surface area (Å²) < 4.78 is 1.91. The Bertz CT molecular complexity index is 305. The molecule has 72 valence electrons. The Morgan fingerprint density at radius 2 is 2.31 bits per heavy atom. The molecule has 0 aliphatic rings. The van der Waals surface area contributed by atoms with Crippen LogP contribution in [0, 0.1) is 0 Å². The molecule has 5 heteroatoms. The monoisotopic (exact) mass is 198 g/mol. The van der Waals surface area contributed by atoms with E-state index in [4.69, 9.17) is 5.73 Å². The van der Waals surface area contributed by atoms with Gasteiger partial charge in [-0.25, -0.2) is 0 Å². The first-order valence-corrected chi connectivity index (χ1v) is 4.99. The second kappa shape index (κ2) is 4.43. The summed E-state index contributed by atoms with van der Waals surface area (Å²) in [5.41, 5.74) is 6.60. The van der Waals surface area contributed by atoms with Gasteiger partial charge in [-0.15, -0.1) is 10.2 Å². The Morgan fingerprint density at radius 1 is 1.62 bits per heavy atom. The molecule has 1 rings (SSSR count). The fraction of sp³-hybridized carbons (Fsp3) is 0.500. The minimum atomic E-state index is 0.428. The van der Waals surface area contributed by atoms with Gasteiger partial charge in [0, 0.05) is 12.8 Å². The van der Waals surface area contributed by atoms with Crippen molar-refractivity contribution in [2.45, 2.75) is 18.6 Å². The van der Waals surface area contributed by atoms with Gasteiger partial charge in [0.15, 0.2) is 5.16 Å². The molecule has 13 heavy (non-hydrogen) atoms. The van der Waals surface area contributed by atoms with Crippen LogP contribution in [0.4, 0.5) is 0 Å². The lowest BCUT2D eigenvalue weighted by atomic mass is 10.4. The highest BCUT2D eigenvalue weighted by Gasteiger charge is 2.06. The standard InChI is InChI=1S/C8H14N4S/c1-6(2)5-13-8-11-10-7(4-9)12(8)3/h1,4-5,9H2,2-3H3. The van der Waals surface area contributed by atoms with Crippen molar-refractivity contribution in [1.82, 2.24) is 14.8 Å². The summed E-state index contributed by atoms with van der Waals surface area (Å²) in [6.07, 6.45) is 0. The van der Waals surface area contributed by atoms with Crippen molar-refractivity contribution in [3.8, 4) is 0 Å². The van der Waals surface area contributed by atoms with Gasteiger partial charge in [0.1, 0.15) is 5.82 Å². The highest BCUT2D eigenvalue weighted by atomic mass is 32.2. The van der Waals surface area contributed by atoms with Gasteiger partial charge in [-0.3, -0.25) is 0 Å². The molecule has 1 heterocycles. The highest BCUT2D eigenvalue weighted by Crippen LogP contribution is 2.17. The van der Waals surface area contributed by atoms with Gasteiger partial charge in [-0.05, 0) is 6.92 Å². The molecule has 1 aromatic rings. The number of nitrogens with zero attached hydrogens (tertiary/aromatic N) is 3. The van der Waals surface area contributed by atoms with Crippen LogP contribution >= 0.6 is 11.8 Å². The lowest BCUT2D eigenvalue weighted by Gasteiger charge is -2.01. The van der Waals surface area contributed by atoms with Crippen molar-refractivity contribution in [1.29, 1.82) is 0 Å². The molecular formula is C8H14N4S. The zero-order valence-corrected chi connectivity index (χ0v) is 8.77. The maximum Gasteiger partial charge on any atom is 0.191 e.